The zero-order valence-corrected chi connectivity index (χ0v) is 13.0. The molecular weight excluding hydrogens is 268 g/mol. The van der Waals surface area contributed by atoms with E-state index in [1.165, 1.54) is 0 Å². The first kappa shape index (κ1) is 15.8. The normalized spacial score (nSPS) is 18.7. The molecule has 0 aromatic heterocycles. The summed E-state index contributed by atoms with van der Waals surface area (Å²) in [6.45, 7) is 7.29. The van der Waals surface area contributed by atoms with Crippen LogP contribution in [0.15, 0.2) is 24.3 Å². The van der Waals surface area contributed by atoms with E-state index in [9.17, 15) is 9.90 Å². The van der Waals surface area contributed by atoms with E-state index < -0.39 is 12.0 Å². The number of carboxylic acids is 1. The number of benzene rings is 1. The summed E-state index contributed by atoms with van der Waals surface area (Å²) in [5.41, 5.74) is 0.808. The summed E-state index contributed by atoms with van der Waals surface area (Å²) >= 11 is 0. The Labute approximate surface area is 126 Å². The molecule has 1 unspecified atom stereocenters. The molecule has 0 spiro atoms. The van der Waals surface area contributed by atoms with Gasteiger partial charge in [-0.15, -0.1) is 0 Å². The Kier molecular flexibility index (Phi) is 5.20. The molecule has 21 heavy (non-hydrogen) atoms. The van der Waals surface area contributed by atoms with Crippen molar-refractivity contribution < 1.29 is 14.6 Å². The van der Waals surface area contributed by atoms with Crippen LogP contribution in [-0.4, -0.2) is 60.2 Å². The van der Waals surface area contributed by atoms with Crippen molar-refractivity contribution >= 4 is 5.97 Å². The number of nitrogens with zero attached hydrogens (tertiary/aromatic N) is 2. The summed E-state index contributed by atoms with van der Waals surface area (Å²) in [6, 6.07) is 6.83. The summed E-state index contributed by atoms with van der Waals surface area (Å²) in [5.74, 6) is -0.0200. The minimum atomic E-state index is -0.794. The van der Waals surface area contributed by atoms with Crippen molar-refractivity contribution in [2.24, 2.45) is 0 Å². The summed E-state index contributed by atoms with van der Waals surface area (Å²) in [5, 5.41) is 9.57. The van der Waals surface area contributed by atoms with Gasteiger partial charge in [0.15, 0.2) is 0 Å². The number of aliphatic carboxylic acids is 1. The van der Waals surface area contributed by atoms with Gasteiger partial charge in [0.25, 0.3) is 0 Å². The Bertz CT molecular complexity index is 465. The molecule has 0 aliphatic carbocycles. The number of rotatable bonds is 5. The number of carbonyl (C=O) groups is 1. The van der Waals surface area contributed by atoms with Crippen molar-refractivity contribution in [2.45, 2.75) is 26.0 Å². The molecule has 1 N–H and O–H groups in total. The van der Waals surface area contributed by atoms with Crippen LogP contribution in [0.1, 0.15) is 25.5 Å². The molecule has 0 amide bonds. The van der Waals surface area contributed by atoms with Gasteiger partial charge in [0.05, 0.1) is 6.10 Å². The molecule has 116 valence electrons. The Morgan fingerprint density at radius 3 is 2.19 bits per heavy atom. The SMILES string of the molecule is CC(C)Oc1ccc(C(C(=O)O)N2CCN(C)CC2)cc1. The number of carboxylic acid groups (broad SMARTS) is 1. The second-order valence-corrected chi connectivity index (χ2v) is 5.82. The third-order valence-electron chi connectivity index (χ3n) is 3.70. The molecule has 1 fully saturated rings. The molecule has 1 atom stereocenters. The van der Waals surface area contributed by atoms with Crippen LogP contribution in [0.4, 0.5) is 0 Å². The number of likely N-dealkylation sites (N-methyl/N-ethyl adjacent to an activating group) is 1. The van der Waals surface area contributed by atoms with Crippen LogP contribution in [0.5, 0.6) is 5.75 Å². The lowest BCUT2D eigenvalue weighted by molar-refractivity contribution is -0.144. The number of ether oxygens (including phenoxy) is 1. The second kappa shape index (κ2) is 6.91. The van der Waals surface area contributed by atoms with Gasteiger partial charge < -0.3 is 14.7 Å². The largest absolute Gasteiger partial charge is 0.491 e. The zero-order chi connectivity index (χ0) is 15.4. The Balaban J connectivity index is 2.13. The van der Waals surface area contributed by atoms with Gasteiger partial charge in [0, 0.05) is 26.2 Å². The zero-order valence-electron chi connectivity index (χ0n) is 13.0. The molecule has 0 bridgehead atoms. The van der Waals surface area contributed by atoms with Gasteiger partial charge >= 0.3 is 5.97 Å². The topological polar surface area (TPSA) is 53.0 Å². The fourth-order valence-corrected chi connectivity index (χ4v) is 2.59. The van der Waals surface area contributed by atoms with E-state index in [4.69, 9.17) is 4.74 Å². The fourth-order valence-electron chi connectivity index (χ4n) is 2.59. The Morgan fingerprint density at radius 1 is 1.14 bits per heavy atom. The monoisotopic (exact) mass is 292 g/mol. The molecule has 1 aliphatic heterocycles. The molecule has 1 heterocycles. The van der Waals surface area contributed by atoms with Crippen LogP contribution in [0.3, 0.4) is 0 Å². The average molecular weight is 292 g/mol. The molecule has 0 radical (unpaired) electrons. The highest BCUT2D eigenvalue weighted by Gasteiger charge is 2.29. The van der Waals surface area contributed by atoms with Crippen molar-refractivity contribution in [3.05, 3.63) is 29.8 Å². The molecule has 5 heteroatoms. The first-order valence-electron chi connectivity index (χ1n) is 7.39. The molecular formula is C16H24N2O3. The quantitative estimate of drug-likeness (QED) is 0.897. The summed E-state index contributed by atoms with van der Waals surface area (Å²) in [6.07, 6.45) is 0.115. The lowest BCUT2D eigenvalue weighted by atomic mass is 10.0. The van der Waals surface area contributed by atoms with Gasteiger partial charge in [-0.2, -0.15) is 0 Å². The van der Waals surface area contributed by atoms with Crippen LogP contribution < -0.4 is 4.74 Å². The lowest BCUT2D eigenvalue weighted by Crippen LogP contribution is -2.47. The average Bonchev–Trinajstić information content (AvgIpc) is 2.42. The van der Waals surface area contributed by atoms with Crippen LogP contribution in [0.2, 0.25) is 0 Å². The maximum absolute atomic E-state index is 11.7. The van der Waals surface area contributed by atoms with Gasteiger partial charge in [-0.25, -0.2) is 0 Å². The Hall–Kier alpha value is -1.59. The summed E-state index contributed by atoms with van der Waals surface area (Å²) < 4.78 is 5.60. The maximum Gasteiger partial charge on any atom is 0.325 e. The molecule has 0 saturated carbocycles. The minimum absolute atomic E-state index is 0.115. The lowest BCUT2D eigenvalue weighted by Gasteiger charge is -2.36. The number of hydrogen-bond acceptors (Lipinski definition) is 4. The van der Waals surface area contributed by atoms with Gasteiger partial charge in [0.2, 0.25) is 0 Å². The summed E-state index contributed by atoms with van der Waals surface area (Å²) in [7, 11) is 2.06. The first-order valence-corrected chi connectivity index (χ1v) is 7.39. The predicted octanol–water partition coefficient (Wildman–Crippen LogP) is 1.85. The maximum atomic E-state index is 11.7. The van der Waals surface area contributed by atoms with Gasteiger partial charge in [0.1, 0.15) is 11.8 Å². The third-order valence-corrected chi connectivity index (χ3v) is 3.70. The van der Waals surface area contributed by atoms with E-state index in [-0.39, 0.29) is 6.10 Å². The van der Waals surface area contributed by atoms with E-state index in [0.717, 1.165) is 37.5 Å². The van der Waals surface area contributed by atoms with Crippen molar-refractivity contribution in [1.29, 1.82) is 0 Å². The standard InChI is InChI=1S/C16H24N2O3/c1-12(2)21-14-6-4-13(5-7-14)15(16(19)20)18-10-8-17(3)9-11-18/h4-7,12,15H,8-11H2,1-3H3,(H,19,20). The van der Waals surface area contributed by atoms with Crippen molar-refractivity contribution in [3.8, 4) is 5.75 Å². The van der Waals surface area contributed by atoms with Crippen LogP contribution in [-0.2, 0) is 4.79 Å². The highest BCUT2D eigenvalue weighted by Crippen LogP contribution is 2.25. The molecule has 1 aromatic rings. The van der Waals surface area contributed by atoms with Crippen LogP contribution >= 0.6 is 0 Å². The summed E-state index contributed by atoms with van der Waals surface area (Å²) in [4.78, 5) is 15.9. The van der Waals surface area contributed by atoms with Gasteiger partial charge in [-0.3, -0.25) is 9.69 Å². The molecule has 1 aromatic carbocycles. The highest BCUT2D eigenvalue weighted by atomic mass is 16.5. The second-order valence-electron chi connectivity index (χ2n) is 5.82. The first-order chi connectivity index (χ1) is 9.97. The van der Waals surface area contributed by atoms with Crippen molar-refractivity contribution in [1.82, 2.24) is 9.80 Å². The Morgan fingerprint density at radius 2 is 1.71 bits per heavy atom. The minimum Gasteiger partial charge on any atom is -0.491 e. The van der Waals surface area contributed by atoms with E-state index in [2.05, 4.69) is 11.9 Å². The van der Waals surface area contributed by atoms with E-state index >= 15 is 0 Å². The molecule has 5 nitrogen and oxygen atoms in total. The number of hydrogen-bond donors (Lipinski definition) is 1. The van der Waals surface area contributed by atoms with Gasteiger partial charge in [-0.05, 0) is 38.6 Å². The van der Waals surface area contributed by atoms with Gasteiger partial charge in [-0.1, -0.05) is 12.1 Å². The van der Waals surface area contributed by atoms with Crippen molar-refractivity contribution in [2.75, 3.05) is 33.2 Å². The van der Waals surface area contributed by atoms with Crippen LogP contribution in [0, 0.1) is 0 Å². The number of piperazine rings is 1. The van der Waals surface area contributed by atoms with E-state index in [1.54, 1.807) is 0 Å². The van der Waals surface area contributed by atoms with E-state index in [0.29, 0.717) is 0 Å². The molecule has 1 saturated heterocycles. The predicted molar refractivity (Wildman–Crippen MR) is 81.7 cm³/mol. The van der Waals surface area contributed by atoms with E-state index in [1.807, 2.05) is 43.0 Å². The van der Waals surface area contributed by atoms with Crippen molar-refractivity contribution in [3.63, 3.8) is 0 Å². The fraction of sp³-hybridized carbons (Fsp3) is 0.562. The van der Waals surface area contributed by atoms with Crippen LogP contribution in [0.25, 0.3) is 0 Å². The smallest absolute Gasteiger partial charge is 0.325 e. The molecule has 1 aliphatic rings. The third kappa shape index (κ3) is 4.19. The highest BCUT2D eigenvalue weighted by molar-refractivity contribution is 5.75. The molecule has 2 rings (SSSR count).